The first-order valence-electron chi connectivity index (χ1n) is 7.25. The van der Waals surface area contributed by atoms with Crippen LogP contribution in [0.2, 0.25) is 0 Å². The molecular weight excluding hydrogens is 291 g/mol. The predicted molar refractivity (Wildman–Crippen MR) is 83.2 cm³/mol. The van der Waals surface area contributed by atoms with E-state index in [0.29, 0.717) is 24.2 Å². The summed E-state index contributed by atoms with van der Waals surface area (Å²) in [6.45, 7) is 7.93. The lowest BCUT2D eigenvalue weighted by atomic mass is 10.1. The summed E-state index contributed by atoms with van der Waals surface area (Å²) in [6.07, 6.45) is 0.733. The van der Waals surface area contributed by atoms with Crippen LogP contribution < -0.4 is 5.32 Å². The van der Waals surface area contributed by atoms with Gasteiger partial charge in [-0.2, -0.15) is 4.31 Å². The molecule has 0 aliphatic carbocycles. The van der Waals surface area contributed by atoms with Gasteiger partial charge in [-0.25, -0.2) is 12.8 Å². The van der Waals surface area contributed by atoms with Crippen molar-refractivity contribution in [1.82, 2.24) is 9.62 Å². The molecule has 1 atom stereocenters. The zero-order valence-corrected chi connectivity index (χ0v) is 14.2. The van der Waals surface area contributed by atoms with Crippen LogP contribution in [0.1, 0.15) is 38.3 Å². The Morgan fingerprint density at radius 1 is 1.33 bits per heavy atom. The van der Waals surface area contributed by atoms with E-state index in [1.54, 1.807) is 14.0 Å². The van der Waals surface area contributed by atoms with Crippen LogP contribution in [0, 0.1) is 12.7 Å². The summed E-state index contributed by atoms with van der Waals surface area (Å²) in [5.74, 6) is -0.352. The number of rotatable bonds is 7. The van der Waals surface area contributed by atoms with Crippen molar-refractivity contribution in [3.8, 4) is 0 Å². The molecule has 0 aliphatic heterocycles. The van der Waals surface area contributed by atoms with Gasteiger partial charge in [-0.15, -0.1) is 0 Å². The zero-order valence-electron chi connectivity index (χ0n) is 13.4. The number of halogens is 1. The molecule has 1 aromatic carbocycles. The largest absolute Gasteiger partial charge is 0.316 e. The van der Waals surface area contributed by atoms with Crippen LogP contribution >= 0.6 is 0 Å². The highest BCUT2D eigenvalue weighted by Crippen LogP contribution is 2.24. The van der Waals surface area contributed by atoms with Gasteiger partial charge in [-0.05, 0) is 45.0 Å². The van der Waals surface area contributed by atoms with Crippen molar-refractivity contribution in [2.75, 3.05) is 13.6 Å². The molecule has 6 heteroatoms. The summed E-state index contributed by atoms with van der Waals surface area (Å²) in [7, 11) is -1.90. The molecule has 0 aliphatic rings. The second-order valence-corrected chi connectivity index (χ2v) is 7.10. The third kappa shape index (κ3) is 3.81. The first kappa shape index (κ1) is 18.1. The van der Waals surface area contributed by atoms with Gasteiger partial charge in [0.25, 0.3) is 0 Å². The summed E-state index contributed by atoms with van der Waals surface area (Å²) in [5.41, 5.74) is 0.720. The highest BCUT2D eigenvalue weighted by atomic mass is 32.2. The van der Waals surface area contributed by atoms with Crippen molar-refractivity contribution < 1.29 is 12.8 Å². The topological polar surface area (TPSA) is 49.4 Å². The minimum Gasteiger partial charge on any atom is -0.316 e. The molecule has 0 aromatic heterocycles. The predicted octanol–water partition coefficient (Wildman–Crippen LogP) is 2.66. The molecule has 0 amide bonds. The number of hydrogen-bond acceptors (Lipinski definition) is 3. The van der Waals surface area contributed by atoms with E-state index in [4.69, 9.17) is 0 Å². The Kier molecular flexibility index (Phi) is 6.31. The molecular formula is C15H25FN2O2S. The molecule has 21 heavy (non-hydrogen) atoms. The molecule has 1 rings (SSSR count). The number of nitrogens with one attached hydrogen (secondary N) is 1. The molecule has 120 valence electrons. The zero-order chi connectivity index (χ0) is 16.2. The Morgan fingerprint density at radius 2 is 1.95 bits per heavy atom. The highest BCUT2D eigenvalue weighted by molar-refractivity contribution is 7.89. The van der Waals surface area contributed by atoms with Crippen molar-refractivity contribution in [1.29, 1.82) is 0 Å². The van der Waals surface area contributed by atoms with Gasteiger partial charge in [0.2, 0.25) is 10.0 Å². The summed E-state index contributed by atoms with van der Waals surface area (Å²) >= 11 is 0. The number of sulfonamides is 1. The van der Waals surface area contributed by atoms with Gasteiger partial charge < -0.3 is 5.32 Å². The SMILES string of the molecule is CCC(C)N(CC)S(=O)(=O)c1cc(C)c(F)c(CNC)c1. The Bertz CT molecular complexity index is 588. The number of aryl methyl sites for hydroxylation is 1. The monoisotopic (exact) mass is 316 g/mol. The fourth-order valence-corrected chi connectivity index (χ4v) is 4.18. The lowest BCUT2D eigenvalue weighted by molar-refractivity contribution is 0.342. The van der Waals surface area contributed by atoms with E-state index in [1.165, 1.54) is 16.4 Å². The van der Waals surface area contributed by atoms with Crippen LogP contribution in [0.4, 0.5) is 4.39 Å². The van der Waals surface area contributed by atoms with E-state index in [9.17, 15) is 12.8 Å². The molecule has 0 bridgehead atoms. The lowest BCUT2D eigenvalue weighted by Gasteiger charge is -2.26. The van der Waals surface area contributed by atoms with Crippen molar-refractivity contribution >= 4 is 10.0 Å². The second kappa shape index (κ2) is 7.33. The number of benzene rings is 1. The molecule has 1 N–H and O–H groups in total. The minimum absolute atomic E-state index is 0.0851. The maximum atomic E-state index is 14.0. The number of nitrogens with zero attached hydrogens (tertiary/aromatic N) is 1. The van der Waals surface area contributed by atoms with E-state index >= 15 is 0 Å². The Morgan fingerprint density at radius 3 is 2.43 bits per heavy atom. The maximum Gasteiger partial charge on any atom is 0.243 e. The van der Waals surface area contributed by atoms with Crippen LogP contribution in [-0.4, -0.2) is 32.4 Å². The maximum absolute atomic E-state index is 14.0. The quantitative estimate of drug-likeness (QED) is 0.841. The Hall–Kier alpha value is -0.980. The normalized spacial score (nSPS) is 13.7. The lowest BCUT2D eigenvalue weighted by Crippen LogP contribution is -2.38. The third-order valence-corrected chi connectivity index (χ3v) is 5.74. The molecule has 0 radical (unpaired) electrons. The molecule has 1 aromatic rings. The van der Waals surface area contributed by atoms with Gasteiger partial charge in [-0.3, -0.25) is 0 Å². The van der Waals surface area contributed by atoms with Crippen molar-refractivity contribution in [2.45, 2.75) is 51.6 Å². The average Bonchev–Trinajstić information content (AvgIpc) is 2.43. The van der Waals surface area contributed by atoms with Crippen molar-refractivity contribution in [2.24, 2.45) is 0 Å². The summed E-state index contributed by atoms with van der Waals surface area (Å²) in [5, 5.41) is 2.86. The second-order valence-electron chi connectivity index (χ2n) is 5.21. The van der Waals surface area contributed by atoms with E-state index in [2.05, 4.69) is 5.32 Å². The van der Waals surface area contributed by atoms with Crippen molar-refractivity contribution in [3.05, 3.63) is 29.1 Å². The molecule has 0 saturated heterocycles. The summed E-state index contributed by atoms with van der Waals surface area (Å²) in [4.78, 5) is 0.161. The molecule has 4 nitrogen and oxygen atoms in total. The van der Waals surface area contributed by atoms with Gasteiger partial charge in [0.15, 0.2) is 0 Å². The molecule has 0 heterocycles. The Balaban J connectivity index is 3.37. The third-order valence-electron chi connectivity index (χ3n) is 3.67. The average molecular weight is 316 g/mol. The first-order valence-corrected chi connectivity index (χ1v) is 8.69. The van der Waals surface area contributed by atoms with Crippen molar-refractivity contribution in [3.63, 3.8) is 0 Å². The van der Waals surface area contributed by atoms with Crippen LogP contribution in [0.15, 0.2) is 17.0 Å². The van der Waals surface area contributed by atoms with E-state index in [1.807, 2.05) is 20.8 Å². The number of hydrogen-bond donors (Lipinski definition) is 1. The van der Waals surface area contributed by atoms with Gasteiger partial charge in [0.05, 0.1) is 4.90 Å². The fourth-order valence-electron chi connectivity index (χ4n) is 2.33. The van der Waals surface area contributed by atoms with E-state index < -0.39 is 10.0 Å². The minimum atomic E-state index is -3.60. The first-order chi connectivity index (χ1) is 9.79. The van der Waals surface area contributed by atoms with Crippen LogP contribution in [0.5, 0.6) is 0 Å². The standard InChI is InChI=1S/C15H25FN2O2S/c1-6-12(4)18(7-2)21(19,20)14-8-11(3)15(16)13(9-14)10-17-5/h8-9,12,17H,6-7,10H2,1-5H3. The van der Waals surface area contributed by atoms with E-state index in [-0.39, 0.29) is 16.8 Å². The van der Waals surface area contributed by atoms with Crippen LogP contribution in [0.3, 0.4) is 0 Å². The van der Waals surface area contributed by atoms with Crippen LogP contribution in [0.25, 0.3) is 0 Å². The Labute approximate surface area is 127 Å². The summed E-state index contributed by atoms with van der Waals surface area (Å²) < 4.78 is 41.0. The van der Waals surface area contributed by atoms with E-state index in [0.717, 1.165) is 6.42 Å². The molecule has 0 saturated carbocycles. The molecule has 1 unspecified atom stereocenters. The van der Waals surface area contributed by atoms with Crippen LogP contribution in [-0.2, 0) is 16.6 Å². The van der Waals surface area contributed by atoms with Gasteiger partial charge in [0, 0.05) is 24.7 Å². The molecule has 0 spiro atoms. The van der Waals surface area contributed by atoms with Gasteiger partial charge in [-0.1, -0.05) is 13.8 Å². The van der Waals surface area contributed by atoms with Gasteiger partial charge in [0.1, 0.15) is 5.82 Å². The fraction of sp³-hybridized carbons (Fsp3) is 0.600. The summed E-state index contributed by atoms with van der Waals surface area (Å²) in [6, 6.07) is 2.76. The smallest absolute Gasteiger partial charge is 0.243 e. The molecule has 0 fully saturated rings. The highest BCUT2D eigenvalue weighted by Gasteiger charge is 2.28. The van der Waals surface area contributed by atoms with Gasteiger partial charge >= 0.3 is 0 Å².